The molecule has 1 saturated carbocycles. The van der Waals surface area contributed by atoms with Crippen LogP contribution in [0.1, 0.15) is 60.3 Å². The molecule has 1 heterocycles. The number of rotatable bonds is 2. The molecule has 0 bridgehead atoms. The summed E-state index contributed by atoms with van der Waals surface area (Å²) < 4.78 is 0. The van der Waals surface area contributed by atoms with Gasteiger partial charge < -0.3 is 0 Å². The van der Waals surface area contributed by atoms with E-state index < -0.39 is 0 Å². The van der Waals surface area contributed by atoms with Gasteiger partial charge in [-0.3, -0.25) is 4.90 Å². The molecule has 2 fully saturated rings. The molecule has 1 nitrogen and oxygen atoms in total. The summed E-state index contributed by atoms with van der Waals surface area (Å²) in [5, 5.41) is 0. The van der Waals surface area contributed by atoms with Gasteiger partial charge in [0.25, 0.3) is 0 Å². The van der Waals surface area contributed by atoms with Crippen LogP contribution in [0, 0.1) is 17.3 Å². The number of likely N-dealkylation sites (tertiary alicyclic amines) is 1. The Hall–Kier alpha value is -0.0400. The zero-order chi connectivity index (χ0) is 12.0. The zero-order valence-corrected chi connectivity index (χ0v) is 11.8. The molecule has 1 unspecified atom stereocenters. The first-order valence-corrected chi connectivity index (χ1v) is 7.08. The molecule has 1 heteroatoms. The number of hydrogen-bond acceptors (Lipinski definition) is 1. The van der Waals surface area contributed by atoms with Gasteiger partial charge in [0.2, 0.25) is 0 Å². The van der Waals surface area contributed by atoms with Crippen molar-refractivity contribution < 1.29 is 0 Å². The Bertz CT molecular complexity index is 241. The molecular formula is C15H29N. The summed E-state index contributed by atoms with van der Waals surface area (Å²) in [6, 6.07) is 0. The van der Waals surface area contributed by atoms with E-state index in [0.29, 0.717) is 5.54 Å². The number of hydrogen-bond donors (Lipinski definition) is 0. The van der Waals surface area contributed by atoms with E-state index in [1.807, 2.05) is 0 Å². The van der Waals surface area contributed by atoms with Crippen LogP contribution in [0.3, 0.4) is 0 Å². The Morgan fingerprint density at radius 2 is 1.75 bits per heavy atom. The summed E-state index contributed by atoms with van der Waals surface area (Å²) in [5.74, 6) is 1.96. The fraction of sp³-hybridized carbons (Fsp3) is 1.00. The largest absolute Gasteiger partial charge is 0.298 e. The maximum absolute atomic E-state index is 2.67. The van der Waals surface area contributed by atoms with Crippen LogP contribution in [0.25, 0.3) is 0 Å². The average Bonchev–Trinajstić information content (AvgIpc) is 2.76. The number of piperidine rings is 1. The van der Waals surface area contributed by atoms with Gasteiger partial charge in [-0.15, -0.1) is 0 Å². The van der Waals surface area contributed by atoms with Crippen LogP contribution in [0.5, 0.6) is 0 Å². The summed E-state index contributed by atoms with van der Waals surface area (Å²) in [6.45, 7) is 14.5. The zero-order valence-electron chi connectivity index (χ0n) is 11.8. The minimum Gasteiger partial charge on any atom is -0.298 e. The molecule has 2 rings (SSSR count). The lowest BCUT2D eigenvalue weighted by Crippen LogP contribution is -2.46. The lowest BCUT2D eigenvalue weighted by atomic mass is 9.86. The van der Waals surface area contributed by atoms with E-state index in [-0.39, 0.29) is 0 Å². The molecule has 0 aromatic rings. The van der Waals surface area contributed by atoms with Gasteiger partial charge in [0.1, 0.15) is 0 Å². The van der Waals surface area contributed by atoms with Crippen molar-refractivity contribution in [2.45, 2.75) is 65.8 Å². The van der Waals surface area contributed by atoms with E-state index in [1.54, 1.807) is 0 Å². The summed E-state index contributed by atoms with van der Waals surface area (Å²) in [5.41, 5.74) is 1.16. The van der Waals surface area contributed by atoms with Crippen LogP contribution in [-0.4, -0.2) is 23.5 Å². The Morgan fingerprint density at radius 1 is 1.19 bits per heavy atom. The molecule has 0 radical (unpaired) electrons. The van der Waals surface area contributed by atoms with Crippen LogP contribution in [-0.2, 0) is 0 Å². The summed E-state index contributed by atoms with van der Waals surface area (Å²) in [6.07, 6.45) is 5.92. The molecule has 16 heavy (non-hydrogen) atoms. The molecule has 94 valence electrons. The third kappa shape index (κ3) is 2.45. The van der Waals surface area contributed by atoms with Gasteiger partial charge in [0, 0.05) is 5.54 Å². The maximum atomic E-state index is 2.67. The highest BCUT2D eigenvalue weighted by atomic mass is 15.2. The smallest absolute Gasteiger partial charge is 0.0125 e. The molecule has 0 N–H and O–H groups in total. The lowest BCUT2D eigenvalue weighted by Gasteiger charge is -2.41. The first-order chi connectivity index (χ1) is 7.33. The Morgan fingerprint density at radius 3 is 2.19 bits per heavy atom. The van der Waals surface area contributed by atoms with Gasteiger partial charge in [-0.05, 0) is 76.8 Å². The second kappa shape index (κ2) is 4.01. The van der Waals surface area contributed by atoms with Crippen molar-refractivity contribution >= 4 is 0 Å². The van der Waals surface area contributed by atoms with Crippen molar-refractivity contribution in [2.75, 3.05) is 13.1 Å². The molecule has 1 atom stereocenters. The van der Waals surface area contributed by atoms with E-state index in [4.69, 9.17) is 0 Å². The van der Waals surface area contributed by atoms with Gasteiger partial charge in [-0.1, -0.05) is 13.8 Å². The molecule has 1 aliphatic carbocycles. The van der Waals surface area contributed by atoms with Crippen molar-refractivity contribution in [1.29, 1.82) is 0 Å². The minimum absolute atomic E-state index is 0.379. The van der Waals surface area contributed by atoms with E-state index in [2.05, 4.69) is 39.5 Å². The van der Waals surface area contributed by atoms with Crippen LogP contribution in [0.2, 0.25) is 0 Å². The van der Waals surface area contributed by atoms with E-state index in [1.165, 1.54) is 38.8 Å². The van der Waals surface area contributed by atoms with Crippen LogP contribution >= 0.6 is 0 Å². The molecule has 1 aliphatic heterocycles. The van der Waals surface area contributed by atoms with E-state index in [0.717, 1.165) is 17.3 Å². The minimum atomic E-state index is 0.379. The summed E-state index contributed by atoms with van der Waals surface area (Å²) in [7, 11) is 0. The Balaban J connectivity index is 1.83. The van der Waals surface area contributed by atoms with E-state index in [9.17, 15) is 0 Å². The van der Waals surface area contributed by atoms with Crippen molar-refractivity contribution in [3.8, 4) is 0 Å². The van der Waals surface area contributed by atoms with Gasteiger partial charge in [-0.25, -0.2) is 0 Å². The van der Waals surface area contributed by atoms with Crippen LogP contribution < -0.4 is 0 Å². The van der Waals surface area contributed by atoms with Crippen LogP contribution in [0.4, 0.5) is 0 Å². The highest BCUT2D eigenvalue weighted by molar-refractivity contribution is 5.05. The van der Waals surface area contributed by atoms with Crippen molar-refractivity contribution in [2.24, 2.45) is 17.3 Å². The molecule has 0 aromatic heterocycles. The van der Waals surface area contributed by atoms with Gasteiger partial charge >= 0.3 is 0 Å². The van der Waals surface area contributed by atoms with Gasteiger partial charge in [0.15, 0.2) is 0 Å². The first kappa shape index (κ1) is 12.4. The highest BCUT2D eigenvalue weighted by Gasteiger charge is 2.54. The topological polar surface area (TPSA) is 3.24 Å². The number of nitrogens with zero attached hydrogens (tertiary/aromatic N) is 1. The fourth-order valence-electron chi connectivity index (χ4n) is 3.57. The maximum Gasteiger partial charge on any atom is 0.0125 e. The molecule has 0 aromatic carbocycles. The second-order valence-corrected chi connectivity index (χ2v) is 7.55. The average molecular weight is 223 g/mol. The van der Waals surface area contributed by atoms with Gasteiger partial charge in [-0.2, -0.15) is 0 Å². The molecular weight excluding hydrogens is 194 g/mol. The van der Waals surface area contributed by atoms with Gasteiger partial charge in [0.05, 0.1) is 0 Å². The monoisotopic (exact) mass is 223 g/mol. The SMILES string of the molecule is CC(C)CC1CC12CCN(C(C)(C)C)CC2. The fourth-order valence-corrected chi connectivity index (χ4v) is 3.57. The Labute approximate surface area is 102 Å². The predicted octanol–water partition coefficient (Wildman–Crippen LogP) is 3.93. The third-order valence-corrected chi connectivity index (χ3v) is 4.82. The normalized spacial score (nSPS) is 30.0. The van der Waals surface area contributed by atoms with Crippen molar-refractivity contribution in [3.05, 3.63) is 0 Å². The highest BCUT2D eigenvalue weighted by Crippen LogP contribution is 2.61. The second-order valence-electron chi connectivity index (χ2n) is 7.55. The lowest BCUT2D eigenvalue weighted by molar-refractivity contribution is 0.0746. The van der Waals surface area contributed by atoms with Crippen molar-refractivity contribution in [3.63, 3.8) is 0 Å². The molecule has 2 aliphatic rings. The summed E-state index contributed by atoms with van der Waals surface area (Å²) in [4.78, 5) is 2.67. The third-order valence-electron chi connectivity index (χ3n) is 4.82. The van der Waals surface area contributed by atoms with Crippen molar-refractivity contribution in [1.82, 2.24) is 4.90 Å². The first-order valence-electron chi connectivity index (χ1n) is 7.08. The molecule has 1 saturated heterocycles. The van der Waals surface area contributed by atoms with E-state index >= 15 is 0 Å². The Kier molecular flexibility index (Phi) is 3.11. The molecule has 0 amide bonds. The quantitative estimate of drug-likeness (QED) is 0.685. The molecule has 1 spiro atoms. The summed E-state index contributed by atoms with van der Waals surface area (Å²) >= 11 is 0. The van der Waals surface area contributed by atoms with Crippen LogP contribution in [0.15, 0.2) is 0 Å². The standard InChI is InChI=1S/C15H29N/c1-12(2)10-13-11-15(13)6-8-16(9-7-15)14(3,4)5/h12-13H,6-11H2,1-5H3. The predicted molar refractivity (Wildman–Crippen MR) is 70.6 cm³/mol.